The minimum atomic E-state index is -3.79. The van der Waals surface area contributed by atoms with Crippen LogP contribution in [0.3, 0.4) is 0 Å². The van der Waals surface area contributed by atoms with Crippen molar-refractivity contribution >= 4 is 54.9 Å². The molecule has 2 aromatic carbocycles. The van der Waals surface area contributed by atoms with Crippen molar-refractivity contribution < 1.29 is 17.9 Å². The fraction of sp³-hybridized carbons (Fsp3) is 0.143. The molecule has 0 saturated heterocycles. The Kier molecular flexibility index (Phi) is 5.50. The van der Waals surface area contributed by atoms with Crippen molar-refractivity contribution in [2.75, 3.05) is 4.72 Å². The summed E-state index contributed by atoms with van der Waals surface area (Å²) in [6, 6.07) is 13.0. The lowest BCUT2D eigenvalue weighted by atomic mass is 10.1. The second-order valence-electron chi connectivity index (χ2n) is 7.22. The summed E-state index contributed by atoms with van der Waals surface area (Å²) in [5.74, 6) is 0.217. The van der Waals surface area contributed by atoms with Crippen LogP contribution in [0, 0.1) is 0 Å². The number of anilines is 1. The molecule has 31 heavy (non-hydrogen) atoms. The van der Waals surface area contributed by atoms with Crippen LogP contribution in [0.25, 0.3) is 10.9 Å². The highest BCUT2D eigenvalue weighted by Gasteiger charge is 2.32. The molecular formula is C21H18ClN3O4S2. The van der Waals surface area contributed by atoms with Crippen molar-refractivity contribution in [1.29, 1.82) is 0 Å². The zero-order chi connectivity index (χ0) is 22.2. The first-order valence-corrected chi connectivity index (χ1v) is 11.9. The Hall–Kier alpha value is -2.88. The van der Waals surface area contributed by atoms with E-state index in [0.717, 1.165) is 0 Å². The summed E-state index contributed by atoms with van der Waals surface area (Å²) in [5.41, 5.74) is -0.595. The number of hydrogen-bond donors (Lipinski definition) is 1. The molecule has 0 radical (unpaired) electrons. The molecule has 0 saturated carbocycles. The van der Waals surface area contributed by atoms with Crippen LogP contribution in [0.5, 0.6) is 5.75 Å². The third-order valence-corrected chi connectivity index (χ3v) is 6.95. The van der Waals surface area contributed by atoms with E-state index in [9.17, 15) is 13.2 Å². The number of carbonyl (C=O) groups is 1. The molecule has 0 aliphatic carbocycles. The molecule has 0 atom stereocenters. The third kappa shape index (κ3) is 4.43. The van der Waals surface area contributed by atoms with E-state index in [0.29, 0.717) is 21.7 Å². The van der Waals surface area contributed by atoms with Gasteiger partial charge in [0, 0.05) is 28.2 Å². The molecule has 160 valence electrons. The molecule has 2 aromatic heterocycles. The summed E-state index contributed by atoms with van der Waals surface area (Å²) in [7, 11) is -3.79. The number of rotatable bonds is 6. The fourth-order valence-corrected chi connectivity index (χ4v) is 4.99. The van der Waals surface area contributed by atoms with Gasteiger partial charge in [0.1, 0.15) is 5.75 Å². The Labute approximate surface area is 188 Å². The lowest BCUT2D eigenvalue weighted by molar-refractivity contribution is 0.0494. The van der Waals surface area contributed by atoms with E-state index in [4.69, 9.17) is 16.3 Å². The number of aromatic nitrogens is 2. The number of ether oxygens (including phenoxy) is 1. The molecule has 0 aliphatic heterocycles. The van der Waals surface area contributed by atoms with Crippen LogP contribution in [-0.4, -0.2) is 29.5 Å². The van der Waals surface area contributed by atoms with Crippen LogP contribution in [0.4, 0.5) is 5.13 Å². The van der Waals surface area contributed by atoms with Gasteiger partial charge < -0.3 is 4.74 Å². The van der Waals surface area contributed by atoms with Crippen molar-refractivity contribution in [2.24, 2.45) is 0 Å². The van der Waals surface area contributed by atoms with Gasteiger partial charge in [-0.25, -0.2) is 13.4 Å². The van der Waals surface area contributed by atoms with Crippen LogP contribution in [0.1, 0.15) is 18.6 Å². The van der Waals surface area contributed by atoms with Gasteiger partial charge in [-0.15, -0.1) is 11.3 Å². The quantitative estimate of drug-likeness (QED) is 0.421. The lowest BCUT2D eigenvalue weighted by Crippen LogP contribution is -2.41. The Morgan fingerprint density at radius 1 is 1.16 bits per heavy atom. The van der Waals surface area contributed by atoms with Gasteiger partial charge in [-0.2, -0.15) is 0 Å². The van der Waals surface area contributed by atoms with Crippen molar-refractivity contribution in [3.05, 3.63) is 71.3 Å². The van der Waals surface area contributed by atoms with Gasteiger partial charge in [0.25, 0.3) is 15.9 Å². The normalized spacial score (nSPS) is 12.1. The average Bonchev–Trinajstić information content (AvgIpc) is 3.37. The maximum Gasteiger partial charge on any atom is 0.274 e. The zero-order valence-electron chi connectivity index (χ0n) is 16.6. The molecule has 4 aromatic rings. The Morgan fingerprint density at radius 3 is 2.58 bits per heavy atom. The highest BCUT2D eigenvalue weighted by Crippen LogP contribution is 2.26. The van der Waals surface area contributed by atoms with Crippen LogP contribution in [0.15, 0.2) is 71.2 Å². The number of nitrogens with zero attached hydrogens (tertiary/aromatic N) is 2. The number of halogens is 1. The molecule has 0 bridgehead atoms. The highest BCUT2D eigenvalue weighted by atomic mass is 35.5. The Balaban J connectivity index is 1.61. The van der Waals surface area contributed by atoms with Gasteiger partial charge in [-0.3, -0.25) is 14.1 Å². The summed E-state index contributed by atoms with van der Waals surface area (Å²) in [6.45, 7) is 3.35. The summed E-state index contributed by atoms with van der Waals surface area (Å²) < 4.78 is 35.0. The molecular weight excluding hydrogens is 458 g/mol. The summed E-state index contributed by atoms with van der Waals surface area (Å²) in [6.07, 6.45) is 3.12. The highest BCUT2D eigenvalue weighted by molar-refractivity contribution is 7.93. The number of nitrogens with one attached hydrogen (secondary N) is 1. The first-order chi connectivity index (χ1) is 14.7. The van der Waals surface area contributed by atoms with Crippen molar-refractivity contribution in [2.45, 2.75) is 24.3 Å². The van der Waals surface area contributed by atoms with Gasteiger partial charge >= 0.3 is 0 Å². The average molecular weight is 476 g/mol. The largest absolute Gasteiger partial charge is 0.478 e. The standard InChI is InChI=1S/C21H18ClN3O4S2/c1-21(2,29-16-5-3-15(22)4-6-16)19(26)25-11-9-14-13-17(7-8-18(14)25)31(27,28)24-20-23-10-12-30-20/h3-13H,1-2H3,(H,23,24). The zero-order valence-corrected chi connectivity index (χ0v) is 19.0. The maximum atomic E-state index is 13.2. The SMILES string of the molecule is CC(C)(Oc1ccc(Cl)cc1)C(=O)n1ccc2cc(S(=O)(=O)Nc3nccs3)ccc21. The molecule has 2 heterocycles. The Bertz CT molecular complexity index is 1350. The van der Waals surface area contributed by atoms with Crippen molar-refractivity contribution in [3.8, 4) is 5.75 Å². The second kappa shape index (κ2) is 7.99. The summed E-state index contributed by atoms with van der Waals surface area (Å²) >= 11 is 7.09. The first kappa shape index (κ1) is 21.4. The first-order valence-electron chi connectivity index (χ1n) is 9.18. The van der Waals surface area contributed by atoms with Gasteiger partial charge in [0.15, 0.2) is 10.7 Å². The molecule has 10 heteroatoms. The van der Waals surface area contributed by atoms with E-state index in [1.54, 1.807) is 61.8 Å². The number of fused-ring (bicyclic) bond motifs is 1. The van der Waals surface area contributed by atoms with Crippen LogP contribution < -0.4 is 9.46 Å². The molecule has 4 rings (SSSR count). The summed E-state index contributed by atoms with van der Waals surface area (Å²) in [4.78, 5) is 17.2. The van der Waals surface area contributed by atoms with Crippen LogP contribution in [0.2, 0.25) is 5.02 Å². The predicted molar refractivity (Wildman–Crippen MR) is 122 cm³/mol. The number of hydrogen-bond acceptors (Lipinski definition) is 6. The smallest absolute Gasteiger partial charge is 0.274 e. The molecule has 0 amide bonds. The molecule has 0 unspecified atom stereocenters. The molecule has 0 fully saturated rings. The number of carbonyl (C=O) groups excluding carboxylic acids is 1. The van der Waals surface area contributed by atoms with Crippen molar-refractivity contribution in [1.82, 2.24) is 9.55 Å². The number of thiazole rings is 1. The maximum absolute atomic E-state index is 13.2. The van der Waals surface area contributed by atoms with Gasteiger partial charge in [0.05, 0.1) is 10.4 Å². The van der Waals surface area contributed by atoms with E-state index in [-0.39, 0.29) is 15.9 Å². The van der Waals surface area contributed by atoms with Gasteiger partial charge in [-0.1, -0.05) is 11.6 Å². The van der Waals surface area contributed by atoms with Crippen molar-refractivity contribution in [3.63, 3.8) is 0 Å². The minimum Gasteiger partial charge on any atom is -0.478 e. The summed E-state index contributed by atoms with van der Waals surface area (Å²) in [5, 5.41) is 3.15. The number of sulfonamides is 1. The van der Waals surface area contributed by atoms with E-state index in [1.165, 1.54) is 34.2 Å². The minimum absolute atomic E-state index is 0.0806. The fourth-order valence-electron chi connectivity index (χ4n) is 3.04. The van der Waals surface area contributed by atoms with Gasteiger partial charge in [0.2, 0.25) is 0 Å². The monoisotopic (exact) mass is 475 g/mol. The molecule has 7 nitrogen and oxygen atoms in total. The van der Waals surface area contributed by atoms with Crippen LogP contribution in [-0.2, 0) is 10.0 Å². The predicted octanol–water partition coefficient (Wildman–Crippen LogP) is 5.05. The van der Waals surface area contributed by atoms with E-state index in [1.807, 2.05) is 0 Å². The van der Waals surface area contributed by atoms with E-state index in [2.05, 4.69) is 9.71 Å². The third-order valence-electron chi connectivity index (χ3n) is 4.55. The molecule has 0 aliphatic rings. The van der Waals surface area contributed by atoms with Gasteiger partial charge in [-0.05, 0) is 62.4 Å². The lowest BCUT2D eigenvalue weighted by Gasteiger charge is -2.25. The Morgan fingerprint density at radius 2 is 1.90 bits per heavy atom. The van der Waals surface area contributed by atoms with E-state index >= 15 is 0 Å². The molecule has 1 N–H and O–H groups in total. The second-order valence-corrected chi connectivity index (χ2v) is 10.2. The number of benzene rings is 2. The van der Waals surface area contributed by atoms with Crippen LogP contribution >= 0.6 is 22.9 Å². The topological polar surface area (TPSA) is 90.3 Å². The molecule has 0 spiro atoms. The van der Waals surface area contributed by atoms with E-state index < -0.39 is 15.6 Å².